The van der Waals surface area contributed by atoms with Gasteiger partial charge >= 0.3 is 15.6 Å². The van der Waals surface area contributed by atoms with Gasteiger partial charge in [0.05, 0.1) is 25.7 Å². The predicted molar refractivity (Wildman–Crippen MR) is 136 cm³/mol. The monoisotopic (exact) mass is 597 g/mol. The third-order valence-corrected chi connectivity index (χ3v) is 8.12. The molecule has 2 aromatic heterocycles. The van der Waals surface area contributed by atoms with E-state index in [0.29, 0.717) is 17.6 Å². The van der Waals surface area contributed by atoms with Crippen molar-refractivity contribution < 1.29 is 45.8 Å². The number of nitrogens with zero attached hydrogens (tertiary/aromatic N) is 4. The zero-order valence-electron chi connectivity index (χ0n) is 20.5. The Bertz CT molecular complexity index is 1590. The van der Waals surface area contributed by atoms with E-state index < -0.39 is 39.1 Å². The second-order valence-electron chi connectivity index (χ2n) is 8.93. The fourth-order valence-electron chi connectivity index (χ4n) is 4.30. The molecule has 1 saturated carbocycles. The van der Waals surface area contributed by atoms with E-state index in [1.807, 2.05) is 0 Å². The number of halogens is 2. The highest BCUT2D eigenvalue weighted by atomic mass is 31.2. The summed E-state index contributed by atoms with van der Waals surface area (Å²) < 4.78 is 73.5. The van der Waals surface area contributed by atoms with Crippen molar-refractivity contribution >= 4 is 32.8 Å². The van der Waals surface area contributed by atoms with Gasteiger partial charge in [-0.2, -0.15) is 4.98 Å². The molecule has 0 radical (unpaired) electrons. The summed E-state index contributed by atoms with van der Waals surface area (Å²) in [5.41, 5.74) is 6.61. The molecular weight excluding hydrogens is 574 g/mol. The zero-order chi connectivity index (χ0) is 28.5. The van der Waals surface area contributed by atoms with Gasteiger partial charge in [-0.25, -0.2) is 27.9 Å². The van der Waals surface area contributed by atoms with Crippen molar-refractivity contribution in [3.63, 3.8) is 0 Å². The van der Waals surface area contributed by atoms with Crippen molar-refractivity contribution in [2.45, 2.75) is 12.5 Å². The van der Waals surface area contributed by atoms with Crippen LogP contribution in [-0.2, 0) is 18.2 Å². The smallest absolute Gasteiger partial charge is 0.404 e. The van der Waals surface area contributed by atoms with Crippen LogP contribution in [0.1, 0.15) is 12.5 Å². The number of fused-ring (bicyclic) bond motifs is 1. The molecule has 0 amide bonds. The maximum atomic E-state index is 13.2. The summed E-state index contributed by atoms with van der Waals surface area (Å²) in [7, 11) is -9.24. The second kappa shape index (κ2) is 11.2. The van der Waals surface area contributed by atoms with Crippen molar-refractivity contribution in [2.75, 3.05) is 18.9 Å². The summed E-state index contributed by atoms with van der Waals surface area (Å²) in [4.78, 5) is 32.8. The highest BCUT2D eigenvalue weighted by Crippen LogP contribution is 2.52. The Morgan fingerprint density at radius 3 is 2.02 bits per heavy atom. The van der Waals surface area contributed by atoms with Gasteiger partial charge in [-0.15, -0.1) is 0 Å². The molecule has 5 atom stereocenters. The molecule has 5 rings (SSSR count). The van der Waals surface area contributed by atoms with E-state index >= 15 is 0 Å². The SMILES string of the molecule is Nc1ncc2ncn(C3CC(COP(=O)(O)Oc4ccc(F)cc4)C3COP(=O)(O)Oc3ccc(F)cc3)c2n1. The van der Waals surface area contributed by atoms with E-state index in [0.717, 1.165) is 24.3 Å². The van der Waals surface area contributed by atoms with Crippen LogP contribution < -0.4 is 14.8 Å². The van der Waals surface area contributed by atoms with Gasteiger partial charge in [0, 0.05) is 12.0 Å². The minimum atomic E-state index is -4.64. The molecule has 0 spiro atoms. The molecule has 4 N–H and O–H groups in total. The van der Waals surface area contributed by atoms with Gasteiger partial charge in [0.1, 0.15) is 28.7 Å². The Morgan fingerprint density at radius 1 is 0.900 bits per heavy atom. The fourth-order valence-corrected chi connectivity index (χ4v) is 5.92. The summed E-state index contributed by atoms with van der Waals surface area (Å²) >= 11 is 0. The molecule has 13 nitrogen and oxygen atoms in total. The number of hydrogen-bond donors (Lipinski definition) is 3. The third kappa shape index (κ3) is 6.64. The quantitative estimate of drug-likeness (QED) is 0.209. The van der Waals surface area contributed by atoms with Crippen molar-refractivity contribution in [2.24, 2.45) is 11.8 Å². The van der Waals surface area contributed by atoms with Gasteiger partial charge in [0.15, 0.2) is 5.65 Å². The minimum Gasteiger partial charge on any atom is -0.404 e. The van der Waals surface area contributed by atoms with Crippen molar-refractivity contribution in [1.29, 1.82) is 0 Å². The topological polar surface area (TPSA) is 181 Å². The summed E-state index contributed by atoms with van der Waals surface area (Å²) in [6, 6.07) is 8.56. The van der Waals surface area contributed by atoms with Crippen LogP contribution in [0, 0.1) is 23.5 Å². The number of rotatable bonds is 11. The van der Waals surface area contributed by atoms with Crippen LogP contribution in [0.2, 0.25) is 0 Å². The number of aromatic nitrogens is 4. The predicted octanol–water partition coefficient (Wildman–Crippen LogP) is 4.26. The maximum Gasteiger partial charge on any atom is 0.527 e. The van der Waals surface area contributed by atoms with E-state index in [1.54, 1.807) is 4.57 Å². The highest BCUT2D eigenvalue weighted by molar-refractivity contribution is 7.48. The molecule has 0 bridgehead atoms. The molecule has 0 saturated heterocycles. The van der Waals surface area contributed by atoms with Crippen molar-refractivity contribution in [3.8, 4) is 11.5 Å². The lowest BCUT2D eigenvalue weighted by Crippen LogP contribution is -2.43. The van der Waals surface area contributed by atoms with Crippen molar-refractivity contribution in [3.05, 3.63) is 72.7 Å². The van der Waals surface area contributed by atoms with Crippen molar-refractivity contribution in [1.82, 2.24) is 19.5 Å². The van der Waals surface area contributed by atoms with Gasteiger partial charge in [0.2, 0.25) is 5.95 Å². The third-order valence-electron chi connectivity index (χ3n) is 6.29. The average Bonchev–Trinajstić information content (AvgIpc) is 3.28. The van der Waals surface area contributed by atoms with Crippen LogP contribution in [0.25, 0.3) is 11.2 Å². The highest BCUT2D eigenvalue weighted by Gasteiger charge is 2.45. The molecule has 4 aromatic rings. The summed E-state index contributed by atoms with van der Waals surface area (Å²) in [6.45, 7) is -0.611. The van der Waals surface area contributed by atoms with Crippen LogP contribution >= 0.6 is 15.6 Å². The number of phosphoric acid groups is 2. The summed E-state index contributed by atoms with van der Waals surface area (Å²) in [6.07, 6.45) is 3.34. The number of hydrogen-bond acceptors (Lipinski definition) is 10. The first-order valence-corrected chi connectivity index (χ1v) is 14.8. The normalized spacial score (nSPS) is 21.8. The Hall–Kier alpha value is -3.45. The molecule has 2 aromatic carbocycles. The lowest BCUT2D eigenvalue weighted by Gasteiger charge is -2.45. The maximum absolute atomic E-state index is 13.2. The van der Waals surface area contributed by atoms with E-state index in [4.69, 9.17) is 23.8 Å². The average molecular weight is 597 g/mol. The van der Waals surface area contributed by atoms with Gasteiger partial charge < -0.3 is 19.3 Å². The van der Waals surface area contributed by atoms with Crippen LogP contribution in [0.5, 0.6) is 11.5 Å². The molecule has 0 aliphatic heterocycles. The molecule has 1 aliphatic carbocycles. The van der Waals surface area contributed by atoms with Crippen LogP contribution in [0.15, 0.2) is 61.1 Å². The number of nitrogens with two attached hydrogens (primary N) is 1. The number of anilines is 1. The molecule has 17 heteroatoms. The molecular formula is C23H23F2N5O8P2. The van der Waals surface area contributed by atoms with E-state index in [-0.39, 0.29) is 36.7 Å². The summed E-state index contributed by atoms with van der Waals surface area (Å²) in [5.74, 6) is -2.21. The van der Waals surface area contributed by atoms with Crippen LogP contribution in [0.3, 0.4) is 0 Å². The Labute approximate surface area is 225 Å². The molecule has 1 aliphatic rings. The Balaban J connectivity index is 1.30. The minimum absolute atomic E-state index is 0.0213. The number of nitrogen functional groups attached to an aromatic ring is 1. The van der Waals surface area contributed by atoms with Crippen LogP contribution in [0.4, 0.5) is 14.7 Å². The fraction of sp³-hybridized carbons (Fsp3) is 0.261. The molecule has 5 unspecified atom stereocenters. The first-order valence-electron chi connectivity index (χ1n) is 11.8. The number of benzene rings is 2. The second-order valence-corrected chi connectivity index (χ2v) is 11.7. The van der Waals surface area contributed by atoms with Gasteiger partial charge in [-0.1, -0.05) is 0 Å². The molecule has 212 valence electrons. The molecule has 2 heterocycles. The van der Waals surface area contributed by atoms with Crippen LogP contribution in [-0.4, -0.2) is 42.5 Å². The van der Waals surface area contributed by atoms with E-state index in [2.05, 4.69) is 15.0 Å². The van der Waals surface area contributed by atoms with Gasteiger partial charge in [0.25, 0.3) is 0 Å². The number of imidazole rings is 1. The molecule has 1 fully saturated rings. The standard InChI is InChI=1S/C23H23F2N5O8P2/c24-15-1-5-17(6-2-15)37-39(31,32)35-11-14-9-21(30-13-28-20-10-27-23(26)29-22(20)30)19(14)12-36-40(33,34)38-18-7-3-16(25)4-8-18/h1-8,10,13-14,19,21H,9,11-12H2,(H,31,32)(H,33,34)(H2,26,27,29). The lowest BCUT2D eigenvalue weighted by molar-refractivity contribution is -0.00444. The molecule has 40 heavy (non-hydrogen) atoms. The number of phosphoric ester groups is 2. The lowest BCUT2D eigenvalue weighted by atomic mass is 9.70. The van der Waals surface area contributed by atoms with E-state index in [1.165, 1.54) is 36.8 Å². The van der Waals surface area contributed by atoms with E-state index in [9.17, 15) is 27.7 Å². The summed E-state index contributed by atoms with van der Waals surface area (Å²) in [5, 5.41) is 0. The zero-order valence-corrected chi connectivity index (χ0v) is 22.3. The first kappa shape index (κ1) is 28.1. The van der Waals surface area contributed by atoms with Gasteiger partial charge in [-0.05, 0) is 60.9 Å². The van der Waals surface area contributed by atoms with Gasteiger partial charge in [-0.3, -0.25) is 18.8 Å². The Morgan fingerprint density at radius 2 is 1.45 bits per heavy atom. The Kier molecular flexibility index (Phi) is 7.87. The largest absolute Gasteiger partial charge is 0.527 e. The first-order chi connectivity index (χ1) is 19.0.